The van der Waals surface area contributed by atoms with Gasteiger partial charge >= 0.3 is 0 Å². The summed E-state index contributed by atoms with van der Waals surface area (Å²) in [4.78, 5) is 9.05. The van der Waals surface area contributed by atoms with Gasteiger partial charge in [0.15, 0.2) is 5.82 Å². The van der Waals surface area contributed by atoms with Gasteiger partial charge in [0.25, 0.3) is 0 Å². The second-order valence-corrected chi connectivity index (χ2v) is 7.21. The Morgan fingerprint density at radius 1 is 1.04 bits per heavy atom. The van der Waals surface area contributed by atoms with Gasteiger partial charge in [-0.3, -0.25) is 4.40 Å². The number of imidazole rings is 1. The number of hydrogen-bond donors (Lipinski definition) is 1. The first-order valence-electron chi connectivity index (χ1n) is 8.24. The third-order valence-corrected chi connectivity index (χ3v) is 5.11. The van der Waals surface area contributed by atoms with Crippen molar-refractivity contribution in [3.63, 3.8) is 0 Å². The number of rotatable bonds is 4. The highest BCUT2D eigenvalue weighted by Gasteiger charge is 2.13. The molecule has 0 aliphatic rings. The van der Waals surface area contributed by atoms with Crippen LogP contribution in [0.3, 0.4) is 0 Å². The fourth-order valence-electron chi connectivity index (χ4n) is 2.80. The second kappa shape index (κ2) is 6.45. The Bertz CT molecular complexity index is 1080. The van der Waals surface area contributed by atoms with Gasteiger partial charge < -0.3 is 5.84 Å². The molecule has 0 atom stereocenters. The first kappa shape index (κ1) is 16.6. The molecule has 3 heterocycles. The van der Waals surface area contributed by atoms with Crippen LogP contribution in [0.1, 0.15) is 22.6 Å². The predicted molar refractivity (Wildman–Crippen MR) is 102 cm³/mol. The van der Waals surface area contributed by atoms with Crippen molar-refractivity contribution in [2.75, 3.05) is 5.84 Å². The largest absolute Gasteiger partial charge is 0.335 e. The molecule has 0 unspecified atom stereocenters. The highest BCUT2D eigenvalue weighted by Crippen LogP contribution is 2.24. The molecule has 0 aliphatic heterocycles. The Kier molecular flexibility index (Phi) is 4.12. The van der Waals surface area contributed by atoms with Gasteiger partial charge in [-0.1, -0.05) is 41.6 Å². The van der Waals surface area contributed by atoms with Gasteiger partial charge in [-0.2, -0.15) is 0 Å². The van der Waals surface area contributed by atoms with Gasteiger partial charge in [-0.15, -0.1) is 10.2 Å². The molecule has 7 nitrogen and oxygen atoms in total. The molecule has 8 heteroatoms. The van der Waals surface area contributed by atoms with E-state index in [1.165, 1.54) is 22.0 Å². The van der Waals surface area contributed by atoms with Crippen LogP contribution in [0, 0.1) is 20.8 Å². The highest BCUT2D eigenvalue weighted by molar-refractivity contribution is 7.98. The third kappa shape index (κ3) is 3.03. The van der Waals surface area contributed by atoms with Crippen LogP contribution in [0.25, 0.3) is 17.2 Å². The smallest absolute Gasteiger partial charge is 0.234 e. The van der Waals surface area contributed by atoms with Crippen LogP contribution in [0.5, 0.6) is 0 Å². The van der Waals surface area contributed by atoms with Gasteiger partial charge in [-0.05, 0) is 26.8 Å². The van der Waals surface area contributed by atoms with Crippen LogP contribution in [0.2, 0.25) is 0 Å². The first-order chi connectivity index (χ1) is 12.5. The van der Waals surface area contributed by atoms with Gasteiger partial charge in [0, 0.05) is 28.9 Å². The molecule has 0 radical (unpaired) electrons. The van der Waals surface area contributed by atoms with E-state index in [0.29, 0.717) is 22.5 Å². The summed E-state index contributed by atoms with van der Waals surface area (Å²) in [6.45, 7) is 6.06. The minimum atomic E-state index is 0.644. The molecule has 0 saturated heterocycles. The van der Waals surface area contributed by atoms with Crippen LogP contribution in [0.15, 0.2) is 41.7 Å². The number of hydrogen-bond acceptors (Lipinski definition) is 6. The maximum absolute atomic E-state index is 6.19. The molecule has 1 aromatic carbocycles. The maximum atomic E-state index is 6.19. The summed E-state index contributed by atoms with van der Waals surface area (Å²) in [6, 6.07) is 10.1. The summed E-state index contributed by atoms with van der Waals surface area (Å²) < 4.78 is 3.52. The molecule has 0 amide bonds. The average Bonchev–Trinajstić information content (AvgIpc) is 3.17. The minimum Gasteiger partial charge on any atom is -0.335 e. The van der Waals surface area contributed by atoms with Crippen molar-refractivity contribution in [2.24, 2.45) is 0 Å². The Labute approximate surface area is 155 Å². The van der Waals surface area contributed by atoms with Gasteiger partial charge in [0.2, 0.25) is 10.9 Å². The van der Waals surface area contributed by atoms with Crippen molar-refractivity contribution in [1.29, 1.82) is 0 Å². The Hall–Kier alpha value is -2.87. The molecule has 26 heavy (non-hydrogen) atoms. The number of nitrogen functional groups attached to an aromatic ring is 1. The fraction of sp³-hybridized carbons (Fsp3) is 0.222. The Balaban J connectivity index is 1.55. The summed E-state index contributed by atoms with van der Waals surface area (Å²) in [5, 5.41) is 9.09. The van der Waals surface area contributed by atoms with Crippen molar-refractivity contribution >= 4 is 17.5 Å². The highest BCUT2D eigenvalue weighted by atomic mass is 32.2. The average molecular weight is 365 g/mol. The molecule has 2 N–H and O–H groups in total. The van der Waals surface area contributed by atoms with E-state index in [2.05, 4.69) is 20.2 Å². The number of nitrogens with two attached hydrogens (primary N) is 1. The number of fused-ring (bicyclic) bond motifs is 1. The third-order valence-electron chi connectivity index (χ3n) is 4.13. The van der Waals surface area contributed by atoms with Crippen LogP contribution in [-0.2, 0) is 5.75 Å². The number of benzene rings is 1. The second-order valence-electron chi connectivity index (χ2n) is 6.27. The summed E-state index contributed by atoms with van der Waals surface area (Å²) in [6.07, 6.45) is 2.00. The van der Waals surface area contributed by atoms with Crippen LogP contribution in [0.4, 0.5) is 0 Å². The molecule has 0 aliphatic carbocycles. The topological polar surface area (TPSA) is 86.9 Å². The monoisotopic (exact) mass is 365 g/mol. The molecular weight excluding hydrogens is 346 g/mol. The lowest BCUT2D eigenvalue weighted by molar-refractivity contribution is 0.849. The zero-order chi connectivity index (χ0) is 18.3. The minimum absolute atomic E-state index is 0.644. The molecular formula is C18H19N7S. The van der Waals surface area contributed by atoms with Gasteiger partial charge in [-0.25, -0.2) is 14.6 Å². The fourth-order valence-corrected chi connectivity index (χ4v) is 3.54. The lowest BCUT2D eigenvalue weighted by Gasteiger charge is -2.03. The molecule has 0 spiro atoms. The van der Waals surface area contributed by atoms with Crippen molar-refractivity contribution in [3.05, 3.63) is 59.2 Å². The van der Waals surface area contributed by atoms with Crippen molar-refractivity contribution < 1.29 is 0 Å². The summed E-state index contributed by atoms with van der Waals surface area (Å²) in [7, 11) is 0. The summed E-state index contributed by atoms with van der Waals surface area (Å²) in [5.41, 5.74) is 5.14. The normalized spacial score (nSPS) is 11.3. The van der Waals surface area contributed by atoms with Crippen LogP contribution < -0.4 is 5.84 Å². The Morgan fingerprint density at radius 2 is 1.81 bits per heavy atom. The Morgan fingerprint density at radius 3 is 2.58 bits per heavy atom. The summed E-state index contributed by atoms with van der Waals surface area (Å²) >= 11 is 1.50. The van der Waals surface area contributed by atoms with E-state index >= 15 is 0 Å². The number of aromatic nitrogens is 6. The molecule has 0 fully saturated rings. The van der Waals surface area contributed by atoms with Crippen LogP contribution in [-0.4, -0.2) is 29.2 Å². The van der Waals surface area contributed by atoms with Crippen LogP contribution >= 0.6 is 11.8 Å². The zero-order valence-corrected chi connectivity index (χ0v) is 15.7. The predicted octanol–water partition coefficient (Wildman–Crippen LogP) is 2.92. The van der Waals surface area contributed by atoms with E-state index in [0.717, 1.165) is 22.6 Å². The standard InChI is InChI=1S/C18H19N7S/c1-11-4-6-14(7-5-11)16-22-23-18(25(16)19)26-10-15-9-24-13(3)8-12(2)20-17(24)21-15/h4-9H,10,19H2,1-3H3. The lowest BCUT2D eigenvalue weighted by atomic mass is 10.1. The van der Waals surface area contributed by atoms with Crippen molar-refractivity contribution in [1.82, 2.24) is 29.2 Å². The zero-order valence-electron chi connectivity index (χ0n) is 14.8. The van der Waals surface area contributed by atoms with Gasteiger partial charge in [0.05, 0.1) is 5.69 Å². The number of aryl methyl sites for hydroxylation is 3. The molecule has 4 aromatic rings. The van der Waals surface area contributed by atoms with E-state index in [4.69, 9.17) is 5.84 Å². The molecule has 4 rings (SSSR count). The lowest BCUT2D eigenvalue weighted by Crippen LogP contribution is -2.11. The first-order valence-corrected chi connectivity index (χ1v) is 9.22. The van der Waals surface area contributed by atoms with E-state index in [1.54, 1.807) is 0 Å². The van der Waals surface area contributed by atoms with Crippen molar-refractivity contribution in [2.45, 2.75) is 31.7 Å². The quantitative estimate of drug-likeness (QED) is 0.442. The molecule has 132 valence electrons. The van der Waals surface area contributed by atoms with E-state index in [-0.39, 0.29) is 0 Å². The number of thioether (sulfide) groups is 1. The number of nitrogens with zero attached hydrogens (tertiary/aromatic N) is 6. The SMILES string of the molecule is Cc1ccc(-c2nnc(SCc3cn4c(C)cc(C)nc4n3)n2N)cc1. The van der Waals surface area contributed by atoms with Gasteiger partial charge in [0.1, 0.15) is 0 Å². The molecule has 0 saturated carbocycles. The summed E-state index contributed by atoms with van der Waals surface area (Å²) in [5.74, 6) is 8.20. The van der Waals surface area contributed by atoms with E-state index in [1.807, 2.05) is 61.7 Å². The van der Waals surface area contributed by atoms with E-state index in [9.17, 15) is 0 Å². The maximum Gasteiger partial charge on any atom is 0.234 e. The van der Waals surface area contributed by atoms with E-state index < -0.39 is 0 Å². The molecule has 0 bridgehead atoms. The molecule has 3 aromatic heterocycles. The van der Waals surface area contributed by atoms with Crippen molar-refractivity contribution in [3.8, 4) is 11.4 Å².